The average Bonchev–Trinajstić information content (AvgIpc) is 2.32. The number of ether oxygens (including phenoxy) is 1. The predicted molar refractivity (Wildman–Crippen MR) is 84.3 cm³/mol. The van der Waals surface area contributed by atoms with E-state index in [1.807, 2.05) is 6.92 Å². The van der Waals surface area contributed by atoms with Crippen LogP contribution < -0.4 is 5.32 Å². The van der Waals surface area contributed by atoms with Crippen molar-refractivity contribution < 1.29 is 14.3 Å². The van der Waals surface area contributed by atoms with Gasteiger partial charge in [-0.2, -0.15) is 0 Å². The summed E-state index contributed by atoms with van der Waals surface area (Å²) in [4.78, 5) is 22.0. The van der Waals surface area contributed by atoms with Crippen molar-refractivity contribution >= 4 is 17.4 Å². The van der Waals surface area contributed by atoms with Crippen LogP contribution in [-0.2, 0) is 14.3 Å². The van der Waals surface area contributed by atoms with E-state index in [2.05, 4.69) is 38.2 Å². The van der Waals surface area contributed by atoms with Crippen LogP contribution in [0.3, 0.4) is 0 Å². The molecule has 0 aliphatic rings. The van der Waals surface area contributed by atoms with Gasteiger partial charge < -0.3 is 10.1 Å². The van der Waals surface area contributed by atoms with Crippen molar-refractivity contribution in [2.45, 2.75) is 41.0 Å². The van der Waals surface area contributed by atoms with E-state index in [-0.39, 0.29) is 18.8 Å². The first kappa shape index (κ1) is 17.0. The lowest BCUT2D eigenvalue weighted by molar-refractivity contribution is -0.144. The Morgan fingerprint density at radius 2 is 1.71 bits per heavy atom. The fourth-order valence-corrected chi connectivity index (χ4v) is 2.14. The summed E-state index contributed by atoms with van der Waals surface area (Å²) in [5.41, 5.74) is 5.56. The lowest BCUT2D eigenvalue weighted by Gasteiger charge is -2.14. The summed E-state index contributed by atoms with van der Waals surface area (Å²) in [6.07, 6.45) is 1.62. The molecule has 1 aromatic rings. The maximum Gasteiger partial charge on any atom is 0.313 e. The van der Waals surface area contributed by atoms with Gasteiger partial charge in [-0.15, -0.1) is 0 Å². The molecule has 0 saturated heterocycles. The number of anilines is 1. The second-order valence-corrected chi connectivity index (χ2v) is 5.35. The van der Waals surface area contributed by atoms with Crippen molar-refractivity contribution in [1.82, 2.24) is 0 Å². The normalized spacial score (nSPS) is 11.2. The second-order valence-electron chi connectivity index (χ2n) is 5.35. The third kappa shape index (κ3) is 5.81. The Hall–Kier alpha value is -2.10. The fraction of sp³-hybridized carbons (Fsp3) is 0.412. The Morgan fingerprint density at radius 3 is 2.24 bits per heavy atom. The Bertz CT molecular complexity index is 550. The van der Waals surface area contributed by atoms with Gasteiger partial charge in [0.1, 0.15) is 18.8 Å². The lowest BCUT2D eigenvalue weighted by atomic mass is 10.0. The molecule has 0 atom stereocenters. The number of esters is 1. The number of carbonyl (C=O) groups excluding carboxylic acids is 2. The highest BCUT2D eigenvalue weighted by molar-refractivity contribution is 5.94. The molecule has 21 heavy (non-hydrogen) atoms. The third-order valence-electron chi connectivity index (χ3n) is 3.03. The zero-order chi connectivity index (χ0) is 16.0. The van der Waals surface area contributed by atoms with Crippen LogP contribution in [0.4, 0.5) is 5.69 Å². The molecule has 0 bridgehead atoms. The zero-order valence-corrected chi connectivity index (χ0v) is 13.4. The molecule has 0 aliphatic carbocycles. The molecule has 0 unspecified atom stereocenters. The third-order valence-corrected chi connectivity index (χ3v) is 3.03. The number of ketones is 1. The molecular formula is C17H23NO3. The number of rotatable bonds is 6. The van der Waals surface area contributed by atoms with Gasteiger partial charge in [-0.25, -0.2) is 0 Å². The van der Waals surface area contributed by atoms with E-state index in [0.29, 0.717) is 0 Å². The molecule has 114 valence electrons. The van der Waals surface area contributed by atoms with Gasteiger partial charge in [0.15, 0.2) is 0 Å². The van der Waals surface area contributed by atoms with Crippen LogP contribution in [0, 0.1) is 20.8 Å². The summed E-state index contributed by atoms with van der Waals surface area (Å²) in [5.74, 6) is -0.682. The van der Waals surface area contributed by atoms with Gasteiger partial charge in [-0.05, 0) is 51.8 Å². The minimum absolute atomic E-state index is 0.162. The molecular weight excluding hydrogens is 266 g/mol. The van der Waals surface area contributed by atoms with Crippen LogP contribution >= 0.6 is 0 Å². The number of carbonyl (C=O) groups is 2. The summed E-state index contributed by atoms with van der Waals surface area (Å²) in [7, 11) is 0. The Labute approximate surface area is 126 Å². The van der Waals surface area contributed by atoms with Crippen LogP contribution in [0.1, 0.15) is 37.0 Å². The van der Waals surface area contributed by atoms with Crippen LogP contribution in [0.25, 0.3) is 0 Å². The summed E-state index contributed by atoms with van der Waals surface area (Å²) in [6.45, 7) is 9.63. The van der Waals surface area contributed by atoms with Gasteiger partial charge in [0.2, 0.25) is 0 Å². The van der Waals surface area contributed by atoms with Crippen LogP contribution in [-0.4, -0.2) is 18.4 Å². The van der Waals surface area contributed by atoms with E-state index in [0.717, 1.165) is 11.4 Å². The van der Waals surface area contributed by atoms with Crippen molar-refractivity contribution in [2.24, 2.45) is 0 Å². The molecule has 0 heterocycles. The molecule has 0 saturated carbocycles. The SMILES string of the molecule is CC(=O)CC(=O)OC/C=C(/C)Nc1c(C)cc(C)cc1C. The number of hydrogen-bond donors (Lipinski definition) is 1. The molecule has 4 heteroatoms. The van der Waals surface area contributed by atoms with Crippen molar-refractivity contribution in [3.8, 4) is 0 Å². The van der Waals surface area contributed by atoms with E-state index in [1.165, 1.54) is 23.6 Å². The summed E-state index contributed by atoms with van der Waals surface area (Å²) in [6, 6.07) is 4.24. The topological polar surface area (TPSA) is 55.4 Å². The quantitative estimate of drug-likeness (QED) is 0.643. The summed E-state index contributed by atoms with van der Waals surface area (Å²) < 4.78 is 4.96. The van der Waals surface area contributed by atoms with Crippen molar-refractivity contribution in [3.63, 3.8) is 0 Å². The van der Waals surface area contributed by atoms with Crippen molar-refractivity contribution in [3.05, 3.63) is 40.6 Å². The first-order chi connectivity index (χ1) is 9.79. The molecule has 4 nitrogen and oxygen atoms in total. The molecule has 0 spiro atoms. The van der Waals surface area contributed by atoms with Crippen LogP contribution in [0.5, 0.6) is 0 Å². The smallest absolute Gasteiger partial charge is 0.313 e. The fourth-order valence-electron chi connectivity index (χ4n) is 2.14. The summed E-state index contributed by atoms with van der Waals surface area (Å²) in [5, 5.41) is 3.32. The Balaban J connectivity index is 2.61. The van der Waals surface area contributed by atoms with E-state index < -0.39 is 5.97 Å². The first-order valence-electron chi connectivity index (χ1n) is 6.96. The van der Waals surface area contributed by atoms with Crippen LogP contribution in [0.2, 0.25) is 0 Å². The molecule has 0 radical (unpaired) electrons. The largest absolute Gasteiger partial charge is 0.461 e. The zero-order valence-electron chi connectivity index (χ0n) is 13.4. The Morgan fingerprint density at radius 1 is 1.14 bits per heavy atom. The van der Waals surface area contributed by atoms with E-state index in [9.17, 15) is 9.59 Å². The monoisotopic (exact) mass is 289 g/mol. The maximum atomic E-state index is 11.2. The average molecular weight is 289 g/mol. The van der Waals surface area contributed by atoms with Gasteiger partial charge in [0, 0.05) is 11.4 Å². The number of aryl methyl sites for hydroxylation is 3. The molecule has 1 aromatic carbocycles. The number of allylic oxidation sites excluding steroid dienone is 1. The lowest BCUT2D eigenvalue weighted by Crippen LogP contribution is -2.09. The molecule has 0 aromatic heterocycles. The van der Waals surface area contributed by atoms with E-state index in [1.54, 1.807) is 6.08 Å². The Kier molecular flexibility index (Phi) is 6.15. The van der Waals surface area contributed by atoms with Crippen molar-refractivity contribution in [1.29, 1.82) is 0 Å². The number of nitrogens with one attached hydrogen (secondary N) is 1. The van der Waals surface area contributed by atoms with Gasteiger partial charge >= 0.3 is 5.97 Å². The van der Waals surface area contributed by atoms with Crippen LogP contribution in [0.15, 0.2) is 23.9 Å². The highest BCUT2D eigenvalue weighted by atomic mass is 16.5. The second kappa shape index (κ2) is 7.62. The molecule has 0 amide bonds. The highest BCUT2D eigenvalue weighted by Gasteiger charge is 2.06. The standard InChI is InChI=1S/C17H23NO3/c1-11-8-12(2)17(13(3)9-11)18-14(4)6-7-21-16(20)10-15(5)19/h6,8-9,18H,7,10H2,1-5H3/b14-6-. The van der Waals surface area contributed by atoms with E-state index in [4.69, 9.17) is 4.74 Å². The van der Waals surface area contributed by atoms with Gasteiger partial charge in [-0.3, -0.25) is 9.59 Å². The van der Waals surface area contributed by atoms with Gasteiger partial charge in [-0.1, -0.05) is 17.7 Å². The number of Topliss-reactive ketones (excluding diaryl/α,β-unsaturated/α-hetero) is 1. The minimum atomic E-state index is -0.491. The van der Waals surface area contributed by atoms with Gasteiger partial charge in [0.25, 0.3) is 0 Å². The highest BCUT2D eigenvalue weighted by Crippen LogP contribution is 2.23. The number of hydrogen-bond acceptors (Lipinski definition) is 4. The first-order valence-corrected chi connectivity index (χ1v) is 6.96. The molecule has 0 aliphatic heterocycles. The predicted octanol–water partition coefficient (Wildman–Crippen LogP) is 3.45. The maximum absolute atomic E-state index is 11.2. The van der Waals surface area contributed by atoms with E-state index >= 15 is 0 Å². The molecule has 1 rings (SSSR count). The minimum Gasteiger partial charge on any atom is -0.461 e. The summed E-state index contributed by atoms with van der Waals surface area (Å²) >= 11 is 0. The van der Waals surface area contributed by atoms with Gasteiger partial charge in [0.05, 0.1) is 0 Å². The molecule has 0 fully saturated rings. The van der Waals surface area contributed by atoms with Crippen molar-refractivity contribution in [2.75, 3.05) is 11.9 Å². The molecule has 1 N–H and O–H groups in total. The number of benzene rings is 1.